The molecule has 1 aromatic rings. The molecule has 0 atom stereocenters. The van der Waals surface area contributed by atoms with Crippen molar-refractivity contribution in [3.05, 3.63) is 33.1 Å². The zero-order valence-corrected chi connectivity index (χ0v) is 9.23. The maximum atomic E-state index is 11.5. The molecule has 0 amide bonds. The number of hydrogen-bond donors (Lipinski definition) is 0. The fourth-order valence-electron chi connectivity index (χ4n) is 1.04. The highest BCUT2D eigenvalue weighted by molar-refractivity contribution is 6.32. The van der Waals surface area contributed by atoms with E-state index in [1.807, 2.05) is 6.92 Å². The molecule has 1 rings (SSSR count). The van der Waals surface area contributed by atoms with Gasteiger partial charge in [-0.1, -0.05) is 18.5 Å². The summed E-state index contributed by atoms with van der Waals surface area (Å²) in [5.74, 6) is -0.766. The molecule has 0 aromatic carbocycles. The van der Waals surface area contributed by atoms with Gasteiger partial charge in [0, 0.05) is 6.20 Å². The van der Waals surface area contributed by atoms with Crippen molar-refractivity contribution in [2.45, 2.75) is 13.3 Å². The number of nitrogens with zero attached hydrogens (tertiary/aromatic N) is 2. The number of halogens is 1. The van der Waals surface area contributed by atoms with Gasteiger partial charge in [-0.2, -0.15) is 0 Å². The van der Waals surface area contributed by atoms with Crippen molar-refractivity contribution >= 4 is 23.3 Å². The summed E-state index contributed by atoms with van der Waals surface area (Å²) in [6.45, 7) is 2.02. The first-order chi connectivity index (χ1) is 7.57. The van der Waals surface area contributed by atoms with Gasteiger partial charge in [0.2, 0.25) is 5.15 Å². The molecule has 16 heavy (non-hydrogen) atoms. The van der Waals surface area contributed by atoms with Crippen LogP contribution in [0, 0.1) is 10.1 Å². The molecule has 0 aliphatic carbocycles. The van der Waals surface area contributed by atoms with Crippen LogP contribution in [-0.4, -0.2) is 22.5 Å². The Balaban J connectivity index is 3.08. The Hall–Kier alpha value is -1.69. The molecule has 0 aliphatic heterocycles. The molecule has 0 saturated carbocycles. The summed E-state index contributed by atoms with van der Waals surface area (Å²) in [5.41, 5.74) is -0.705. The van der Waals surface area contributed by atoms with Gasteiger partial charge in [0.1, 0.15) is 5.56 Å². The van der Waals surface area contributed by atoms with Crippen LogP contribution < -0.4 is 0 Å². The minimum absolute atomic E-state index is 0.182. The van der Waals surface area contributed by atoms with Gasteiger partial charge in [-0.15, -0.1) is 0 Å². The van der Waals surface area contributed by atoms with Gasteiger partial charge in [-0.25, -0.2) is 9.78 Å². The average molecular weight is 245 g/mol. The standard InChI is InChI=1S/C9H9ClN2O4/c1-2-5-16-9(13)6-3-4-11-8(10)7(6)12(14)15/h3-4H,2,5H2,1H3. The summed E-state index contributed by atoms with van der Waals surface area (Å²) < 4.78 is 4.79. The smallest absolute Gasteiger partial charge is 0.345 e. The number of aromatic nitrogens is 1. The average Bonchev–Trinajstić information content (AvgIpc) is 2.24. The predicted octanol–water partition coefficient (Wildman–Crippen LogP) is 2.21. The predicted molar refractivity (Wildman–Crippen MR) is 56.5 cm³/mol. The number of nitro groups is 1. The Morgan fingerprint density at radius 3 is 2.94 bits per heavy atom. The molecule has 1 aromatic heterocycles. The van der Waals surface area contributed by atoms with Crippen LogP contribution in [0.4, 0.5) is 5.69 Å². The van der Waals surface area contributed by atoms with Crippen LogP contribution in [0.3, 0.4) is 0 Å². The zero-order chi connectivity index (χ0) is 12.1. The third-order valence-electron chi connectivity index (χ3n) is 1.72. The molecule has 86 valence electrons. The molecule has 0 N–H and O–H groups in total. The molecule has 7 heteroatoms. The molecule has 0 radical (unpaired) electrons. The van der Waals surface area contributed by atoms with Gasteiger partial charge in [-0.05, 0) is 12.5 Å². The van der Waals surface area contributed by atoms with Crippen LogP contribution in [0.5, 0.6) is 0 Å². The Morgan fingerprint density at radius 2 is 2.38 bits per heavy atom. The number of esters is 1. The number of rotatable bonds is 4. The summed E-state index contributed by atoms with van der Waals surface area (Å²) in [5, 5.41) is 10.4. The Labute approximate surface area is 96.3 Å². The topological polar surface area (TPSA) is 82.3 Å². The summed E-state index contributed by atoms with van der Waals surface area (Å²) in [6.07, 6.45) is 1.86. The molecule has 0 unspecified atom stereocenters. The van der Waals surface area contributed by atoms with E-state index in [2.05, 4.69) is 4.98 Å². The highest BCUT2D eigenvalue weighted by atomic mass is 35.5. The minimum Gasteiger partial charge on any atom is -0.462 e. The minimum atomic E-state index is -0.766. The molecule has 6 nitrogen and oxygen atoms in total. The summed E-state index contributed by atoms with van der Waals surface area (Å²) in [4.78, 5) is 24.9. The van der Waals surface area contributed by atoms with Gasteiger partial charge < -0.3 is 4.74 Å². The number of pyridine rings is 1. The second-order valence-corrected chi connectivity index (χ2v) is 3.25. The maximum Gasteiger partial charge on any atom is 0.345 e. The van der Waals surface area contributed by atoms with E-state index >= 15 is 0 Å². The SMILES string of the molecule is CCCOC(=O)c1ccnc(Cl)c1[N+](=O)[O-]. The third-order valence-corrected chi connectivity index (χ3v) is 2.00. The van der Waals surface area contributed by atoms with Crippen molar-refractivity contribution in [3.8, 4) is 0 Å². The third kappa shape index (κ3) is 2.66. The summed E-state index contributed by atoms with van der Waals surface area (Å²) in [6, 6.07) is 1.21. The lowest BCUT2D eigenvalue weighted by atomic mass is 10.2. The van der Waals surface area contributed by atoms with Crippen molar-refractivity contribution in [1.29, 1.82) is 0 Å². The van der Waals surface area contributed by atoms with E-state index in [4.69, 9.17) is 16.3 Å². The van der Waals surface area contributed by atoms with Crippen molar-refractivity contribution in [2.75, 3.05) is 6.61 Å². The Kier molecular flexibility index (Phi) is 4.19. The molecule has 0 bridgehead atoms. The van der Waals surface area contributed by atoms with Crippen molar-refractivity contribution in [1.82, 2.24) is 4.98 Å². The van der Waals surface area contributed by atoms with Gasteiger partial charge in [0.15, 0.2) is 0 Å². The first kappa shape index (κ1) is 12.4. The monoisotopic (exact) mass is 244 g/mol. The number of carbonyl (C=O) groups is 1. The van der Waals surface area contributed by atoms with Crippen LogP contribution in [0.2, 0.25) is 5.15 Å². The maximum absolute atomic E-state index is 11.5. The quantitative estimate of drug-likeness (QED) is 0.351. The van der Waals surface area contributed by atoms with Crippen molar-refractivity contribution in [3.63, 3.8) is 0 Å². The molecular weight excluding hydrogens is 236 g/mol. The van der Waals surface area contributed by atoms with Crippen LogP contribution >= 0.6 is 11.6 Å². The van der Waals surface area contributed by atoms with Crippen LogP contribution in [0.25, 0.3) is 0 Å². The van der Waals surface area contributed by atoms with E-state index in [0.29, 0.717) is 6.42 Å². The highest BCUT2D eigenvalue weighted by Gasteiger charge is 2.25. The van der Waals surface area contributed by atoms with E-state index in [-0.39, 0.29) is 17.3 Å². The Morgan fingerprint density at radius 1 is 1.69 bits per heavy atom. The number of carbonyl (C=O) groups excluding carboxylic acids is 1. The lowest BCUT2D eigenvalue weighted by Crippen LogP contribution is -2.09. The van der Waals surface area contributed by atoms with E-state index < -0.39 is 16.6 Å². The van der Waals surface area contributed by atoms with Crippen molar-refractivity contribution < 1.29 is 14.5 Å². The van der Waals surface area contributed by atoms with E-state index in [1.54, 1.807) is 0 Å². The van der Waals surface area contributed by atoms with Gasteiger partial charge in [0.05, 0.1) is 11.5 Å². The Bertz CT molecular complexity index is 422. The van der Waals surface area contributed by atoms with Crippen LogP contribution in [0.15, 0.2) is 12.3 Å². The van der Waals surface area contributed by atoms with Gasteiger partial charge in [0.25, 0.3) is 0 Å². The number of hydrogen-bond acceptors (Lipinski definition) is 5. The first-order valence-electron chi connectivity index (χ1n) is 4.54. The normalized spacial score (nSPS) is 9.88. The highest BCUT2D eigenvalue weighted by Crippen LogP contribution is 2.26. The first-order valence-corrected chi connectivity index (χ1v) is 4.91. The lowest BCUT2D eigenvalue weighted by Gasteiger charge is -2.03. The van der Waals surface area contributed by atoms with Gasteiger partial charge in [-0.3, -0.25) is 10.1 Å². The summed E-state index contributed by atoms with van der Waals surface area (Å²) >= 11 is 5.54. The van der Waals surface area contributed by atoms with Gasteiger partial charge >= 0.3 is 11.7 Å². The molecule has 1 heterocycles. The largest absolute Gasteiger partial charge is 0.462 e. The van der Waals surface area contributed by atoms with E-state index in [9.17, 15) is 14.9 Å². The van der Waals surface area contributed by atoms with E-state index in [1.165, 1.54) is 12.3 Å². The second-order valence-electron chi connectivity index (χ2n) is 2.89. The molecule has 0 saturated heterocycles. The fourth-order valence-corrected chi connectivity index (χ4v) is 1.27. The molecule has 0 fully saturated rings. The fraction of sp³-hybridized carbons (Fsp3) is 0.333. The molecule has 0 spiro atoms. The van der Waals surface area contributed by atoms with Crippen LogP contribution in [0.1, 0.15) is 23.7 Å². The number of ether oxygens (including phenoxy) is 1. The summed E-state index contributed by atoms with van der Waals surface area (Å²) in [7, 11) is 0. The molecule has 0 aliphatic rings. The van der Waals surface area contributed by atoms with Crippen LogP contribution in [-0.2, 0) is 4.74 Å². The second kappa shape index (κ2) is 5.41. The molecular formula is C9H9ClN2O4. The van der Waals surface area contributed by atoms with E-state index in [0.717, 1.165) is 0 Å². The zero-order valence-electron chi connectivity index (χ0n) is 8.47. The van der Waals surface area contributed by atoms with Crippen molar-refractivity contribution in [2.24, 2.45) is 0 Å². The lowest BCUT2D eigenvalue weighted by molar-refractivity contribution is -0.385.